The Bertz CT molecular complexity index is 774. The lowest BCUT2D eigenvalue weighted by molar-refractivity contribution is 0.0667. The van der Waals surface area contributed by atoms with Crippen molar-refractivity contribution in [3.8, 4) is 17.5 Å². The summed E-state index contributed by atoms with van der Waals surface area (Å²) in [6.45, 7) is 2.46. The highest BCUT2D eigenvalue weighted by molar-refractivity contribution is 5.95. The molecule has 2 aromatic rings. The number of hydrogen-bond donors (Lipinski definition) is 0. The van der Waals surface area contributed by atoms with E-state index in [-0.39, 0.29) is 17.6 Å². The third-order valence-electron chi connectivity index (χ3n) is 4.65. The fourth-order valence-electron chi connectivity index (χ4n) is 3.00. The molecule has 0 N–H and O–H groups in total. The number of ether oxygens (including phenoxy) is 1. The normalized spacial score (nSPS) is 14.6. The van der Waals surface area contributed by atoms with Gasteiger partial charge in [-0.2, -0.15) is 10.4 Å². The molecule has 1 aliphatic carbocycles. The van der Waals surface area contributed by atoms with E-state index < -0.39 is 0 Å². The van der Waals surface area contributed by atoms with E-state index in [9.17, 15) is 4.79 Å². The molecule has 0 radical (unpaired) electrons. The monoisotopic (exact) mass is 338 g/mol. The van der Waals surface area contributed by atoms with Crippen molar-refractivity contribution >= 4 is 5.91 Å². The predicted molar refractivity (Wildman–Crippen MR) is 93.6 cm³/mol. The number of nitriles is 1. The summed E-state index contributed by atoms with van der Waals surface area (Å²) in [6.07, 6.45) is 4.29. The summed E-state index contributed by atoms with van der Waals surface area (Å²) < 4.78 is 7.03. The number of para-hydroxylation sites is 1. The minimum atomic E-state index is -0.179. The molecule has 0 aliphatic heterocycles. The maximum Gasteiger partial charge on any atom is 0.278 e. The van der Waals surface area contributed by atoms with Crippen LogP contribution in [0.2, 0.25) is 0 Å². The van der Waals surface area contributed by atoms with Crippen LogP contribution in [0.1, 0.15) is 36.7 Å². The molecule has 3 rings (SSSR count). The highest BCUT2D eigenvalue weighted by Gasteiger charge is 2.36. The summed E-state index contributed by atoms with van der Waals surface area (Å²) in [5.41, 5.74) is 1.15. The molecule has 1 aliphatic rings. The van der Waals surface area contributed by atoms with E-state index in [2.05, 4.69) is 11.2 Å². The van der Waals surface area contributed by atoms with Gasteiger partial charge in [-0.1, -0.05) is 18.2 Å². The first-order valence-electron chi connectivity index (χ1n) is 8.52. The van der Waals surface area contributed by atoms with Crippen molar-refractivity contribution in [3.05, 3.63) is 42.2 Å². The van der Waals surface area contributed by atoms with Crippen LogP contribution in [0.3, 0.4) is 0 Å². The molecule has 6 heteroatoms. The first-order valence-corrected chi connectivity index (χ1v) is 8.52. The van der Waals surface area contributed by atoms with Crippen molar-refractivity contribution in [1.82, 2.24) is 14.7 Å². The number of aromatic nitrogens is 2. The highest BCUT2D eigenvalue weighted by Crippen LogP contribution is 2.36. The lowest BCUT2D eigenvalue weighted by Crippen LogP contribution is -2.41. The largest absolute Gasteiger partial charge is 0.493 e. The maximum atomic E-state index is 13.1. The van der Waals surface area contributed by atoms with Crippen LogP contribution in [0, 0.1) is 17.2 Å². The second-order valence-corrected chi connectivity index (χ2v) is 6.31. The Morgan fingerprint density at radius 2 is 2.16 bits per heavy atom. The van der Waals surface area contributed by atoms with Crippen molar-refractivity contribution in [2.75, 3.05) is 13.7 Å². The number of nitrogens with zero attached hydrogens (tertiary/aromatic N) is 4. The van der Waals surface area contributed by atoms with Crippen LogP contribution in [0.15, 0.2) is 36.5 Å². The second kappa shape index (κ2) is 7.39. The molecular weight excluding hydrogens is 316 g/mol. The number of rotatable bonds is 7. The lowest BCUT2D eigenvalue weighted by atomic mass is 10.1. The van der Waals surface area contributed by atoms with E-state index in [4.69, 9.17) is 10.00 Å². The number of carbonyl (C=O) groups is 1. The Kier molecular flexibility index (Phi) is 5.03. The summed E-state index contributed by atoms with van der Waals surface area (Å²) in [5.74, 6) is 0.782. The zero-order valence-electron chi connectivity index (χ0n) is 14.6. The SMILES string of the molecule is COc1cn(-c2ccccc2)nc1C(=O)N(CCC#N)C(C)C1CC1. The van der Waals surface area contributed by atoms with Crippen LogP contribution < -0.4 is 4.74 Å². The van der Waals surface area contributed by atoms with Crippen molar-refractivity contribution < 1.29 is 9.53 Å². The van der Waals surface area contributed by atoms with Gasteiger partial charge in [0.2, 0.25) is 0 Å². The van der Waals surface area contributed by atoms with Gasteiger partial charge in [0, 0.05) is 12.6 Å². The average molecular weight is 338 g/mol. The van der Waals surface area contributed by atoms with E-state index in [1.807, 2.05) is 37.3 Å². The van der Waals surface area contributed by atoms with E-state index in [0.717, 1.165) is 18.5 Å². The Hall–Kier alpha value is -2.81. The van der Waals surface area contributed by atoms with Gasteiger partial charge in [0.05, 0.1) is 31.5 Å². The van der Waals surface area contributed by atoms with Crippen LogP contribution in [0.4, 0.5) is 0 Å². The molecule has 1 atom stereocenters. The molecule has 130 valence electrons. The van der Waals surface area contributed by atoms with E-state index in [0.29, 0.717) is 24.6 Å². The quantitative estimate of drug-likeness (QED) is 0.778. The van der Waals surface area contributed by atoms with Crippen LogP contribution in [0.25, 0.3) is 5.69 Å². The average Bonchev–Trinajstić information content (AvgIpc) is 3.41. The first-order chi connectivity index (χ1) is 12.2. The molecule has 1 unspecified atom stereocenters. The molecule has 1 heterocycles. The van der Waals surface area contributed by atoms with Gasteiger partial charge >= 0.3 is 0 Å². The molecule has 25 heavy (non-hydrogen) atoms. The van der Waals surface area contributed by atoms with Crippen LogP contribution >= 0.6 is 0 Å². The Morgan fingerprint density at radius 1 is 1.44 bits per heavy atom. The van der Waals surface area contributed by atoms with Crippen molar-refractivity contribution in [3.63, 3.8) is 0 Å². The van der Waals surface area contributed by atoms with Crippen LogP contribution in [0.5, 0.6) is 5.75 Å². The van der Waals surface area contributed by atoms with Crippen molar-refractivity contribution in [2.45, 2.75) is 32.2 Å². The molecule has 1 amide bonds. The van der Waals surface area contributed by atoms with Gasteiger partial charge in [0.25, 0.3) is 5.91 Å². The van der Waals surface area contributed by atoms with Gasteiger partial charge in [0.1, 0.15) is 0 Å². The summed E-state index contributed by atoms with van der Waals surface area (Å²) in [7, 11) is 1.53. The smallest absolute Gasteiger partial charge is 0.278 e. The minimum Gasteiger partial charge on any atom is -0.493 e. The fraction of sp³-hybridized carbons (Fsp3) is 0.421. The van der Waals surface area contributed by atoms with Crippen molar-refractivity contribution in [1.29, 1.82) is 5.26 Å². The minimum absolute atomic E-state index is 0.104. The van der Waals surface area contributed by atoms with E-state index in [1.165, 1.54) is 7.11 Å². The number of benzene rings is 1. The topological polar surface area (TPSA) is 71.2 Å². The van der Waals surface area contributed by atoms with Gasteiger partial charge in [-0.05, 0) is 37.8 Å². The number of amides is 1. The molecular formula is C19H22N4O2. The fourth-order valence-corrected chi connectivity index (χ4v) is 3.00. The zero-order valence-corrected chi connectivity index (χ0v) is 14.6. The van der Waals surface area contributed by atoms with E-state index >= 15 is 0 Å². The molecule has 1 aromatic heterocycles. The van der Waals surface area contributed by atoms with Crippen molar-refractivity contribution in [2.24, 2.45) is 5.92 Å². The molecule has 0 saturated heterocycles. The van der Waals surface area contributed by atoms with Gasteiger partial charge in [0.15, 0.2) is 11.4 Å². The maximum absolute atomic E-state index is 13.1. The zero-order chi connectivity index (χ0) is 17.8. The second-order valence-electron chi connectivity index (χ2n) is 6.31. The third kappa shape index (κ3) is 3.66. The Balaban J connectivity index is 1.91. The summed E-state index contributed by atoms with van der Waals surface area (Å²) in [6, 6.07) is 11.8. The highest BCUT2D eigenvalue weighted by atomic mass is 16.5. The number of methoxy groups -OCH3 is 1. The number of carbonyl (C=O) groups excluding carboxylic acids is 1. The summed E-state index contributed by atoms with van der Waals surface area (Å²) in [4.78, 5) is 14.9. The number of hydrogen-bond acceptors (Lipinski definition) is 4. The molecule has 1 saturated carbocycles. The standard InChI is InChI=1S/C19H22N4O2/c1-14(15-9-10-15)22(12-6-11-20)19(24)18-17(25-2)13-23(21-18)16-7-4-3-5-8-16/h3-5,7-8,13-15H,6,9-10,12H2,1-2H3. The lowest BCUT2D eigenvalue weighted by Gasteiger charge is -2.28. The van der Waals surface area contributed by atoms with Gasteiger partial charge in [-0.25, -0.2) is 4.68 Å². The third-order valence-corrected chi connectivity index (χ3v) is 4.65. The predicted octanol–water partition coefficient (Wildman–Crippen LogP) is 3.04. The summed E-state index contributed by atoms with van der Waals surface area (Å²) in [5, 5.41) is 13.4. The van der Waals surface area contributed by atoms with Crippen LogP contribution in [-0.4, -0.2) is 40.3 Å². The Labute approximate surface area is 147 Å². The van der Waals surface area contributed by atoms with Gasteiger partial charge in [-0.3, -0.25) is 4.79 Å². The Morgan fingerprint density at radius 3 is 2.76 bits per heavy atom. The molecule has 0 spiro atoms. The van der Waals surface area contributed by atoms with Gasteiger partial charge in [-0.15, -0.1) is 0 Å². The molecule has 1 fully saturated rings. The molecule has 0 bridgehead atoms. The van der Waals surface area contributed by atoms with Crippen LogP contribution in [-0.2, 0) is 0 Å². The molecule has 6 nitrogen and oxygen atoms in total. The first kappa shape index (κ1) is 17.0. The molecule has 1 aromatic carbocycles. The van der Waals surface area contributed by atoms with E-state index in [1.54, 1.807) is 15.8 Å². The van der Waals surface area contributed by atoms with Gasteiger partial charge < -0.3 is 9.64 Å². The summed E-state index contributed by atoms with van der Waals surface area (Å²) >= 11 is 0.